The van der Waals surface area contributed by atoms with Gasteiger partial charge in [0.1, 0.15) is 0 Å². The topological polar surface area (TPSA) is 40.5 Å². The van der Waals surface area contributed by atoms with Crippen LogP contribution in [0.2, 0.25) is 0 Å². The standard InChI is InChI=1S/C14H13BO2S/c1-9-2-4-11-10(8-9)3-5-12(11)13-6-7-18-14(13)15(16)17/h2-8,12,16-17H,1H3. The highest BCUT2D eigenvalue weighted by atomic mass is 32.1. The van der Waals surface area contributed by atoms with Crippen LogP contribution in [0.3, 0.4) is 0 Å². The van der Waals surface area contributed by atoms with Gasteiger partial charge < -0.3 is 10.0 Å². The van der Waals surface area contributed by atoms with E-state index in [4.69, 9.17) is 0 Å². The normalized spacial score (nSPS) is 16.9. The molecule has 0 bridgehead atoms. The van der Waals surface area contributed by atoms with E-state index in [0.29, 0.717) is 4.78 Å². The molecule has 1 aromatic carbocycles. The molecule has 2 N–H and O–H groups in total. The second-order valence-electron chi connectivity index (χ2n) is 4.58. The molecule has 0 fully saturated rings. The van der Waals surface area contributed by atoms with Crippen molar-refractivity contribution in [2.75, 3.05) is 0 Å². The van der Waals surface area contributed by atoms with Gasteiger partial charge in [-0.15, -0.1) is 0 Å². The second-order valence-corrected chi connectivity index (χ2v) is 5.53. The van der Waals surface area contributed by atoms with Crippen molar-refractivity contribution < 1.29 is 10.0 Å². The van der Waals surface area contributed by atoms with Crippen LogP contribution in [0.15, 0.2) is 35.7 Å². The summed E-state index contributed by atoms with van der Waals surface area (Å²) in [4.78, 5) is 0. The number of benzene rings is 1. The molecular weight excluding hydrogens is 243 g/mol. The van der Waals surface area contributed by atoms with Crippen molar-refractivity contribution in [2.45, 2.75) is 12.8 Å². The van der Waals surface area contributed by atoms with Gasteiger partial charge in [0, 0.05) is 10.7 Å². The molecule has 3 rings (SSSR count). The van der Waals surface area contributed by atoms with Crippen molar-refractivity contribution in [2.24, 2.45) is 0 Å². The van der Waals surface area contributed by atoms with Crippen molar-refractivity contribution in [3.63, 3.8) is 0 Å². The molecule has 0 saturated carbocycles. The summed E-state index contributed by atoms with van der Waals surface area (Å²) in [5, 5.41) is 20.7. The Morgan fingerprint density at radius 1 is 1.17 bits per heavy atom. The number of allylic oxidation sites excluding steroid dienone is 1. The van der Waals surface area contributed by atoms with Gasteiger partial charge in [-0.05, 0) is 35.1 Å². The number of aryl methyl sites for hydroxylation is 1. The van der Waals surface area contributed by atoms with E-state index < -0.39 is 7.12 Å². The van der Waals surface area contributed by atoms with Crippen molar-refractivity contribution in [3.05, 3.63) is 58.0 Å². The summed E-state index contributed by atoms with van der Waals surface area (Å²) in [6, 6.07) is 8.36. The minimum absolute atomic E-state index is 0.142. The monoisotopic (exact) mass is 256 g/mol. The third-order valence-corrected chi connectivity index (χ3v) is 4.31. The largest absolute Gasteiger partial charge is 0.499 e. The van der Waals surface area contributed by atoms with Crippen molar-refractivity contribution in [3.8, 4) is 0 Å². The molecule has 0 saturated heterocycles. The van der Waals surface area contributed by atoms with Crippen LogP contribution < -0.4 is 4.78 Å². The molecule has 4 heteroatoms. The van der Waals surface area contributed by atoms with Crippen LogP contribution in [0, 0.1) is 6.92 Å². The van der Waals surface area contributed by atoms with Crippen LogP contribution in [0.4, 0.5) is 0 Å². The van der Waals surface area contributed by atoms with E-state index in [1.165, 1.54) is 28.0 Å². The summed E-state index contributed by atoms with van der Waals surface area (Å²) in [5.74, 6) is 0.142. The van der Waals surface area contributed by atoms with Crippen LogP contribution in [0.25, 0.3) is 6.08 Å². The van der Waals surface area contributed by atoms with Gasteiger partial charge in [-0.2, -0.15) is 11.3 Å². The lowest BCUT2D eigenvalue weighted by molar-refractivity contribution is 0.426. The van der Waals surface area contributed by atoms with Gasteiger partial charge in [0.15, 0.2) is 0 Å². The van der Waals surface area contributed by atoms with Crippen LogP contribution in [0.5, 0.6) is 0 Å². The molecule has 1 aliphatic carbocycles. The average molecular weight is 256 g/mol. The zero-order valence-electron chi connectivity index (χ0n) is 10.00. The Kier molecular flexibility index (Phi) is 2.86. The third-order valence-electron chi connectivity index (χ3n) is 3.34. The van der Waals surface area contributed by atoms with Gasteiger partial charge in [0.25, 0.3) is 0 Å². The predicted octanol–water partition coefficient (Wildman–Crippen LogP) is 1.90. The maximum atomic E-state index is 9.39. The highest BCUT2D eigenvalue weighted by Crippen LogP contribution is 2.35. The molecule has 1 atom stereocenters. The lowest BCUT2D eigenvalue weighted by Crippen LogP contribution is -2.30. The van der Waals surface area contributed by atoms with Gasteiger partial charge in [0.2, 0.25) is 0 Å². The summed E-state index contributed by atoms with van der Waals surface area (Å²) in [7, 11) is -1.39. The Morgan fingerprint density at radius 2 is 2.00 bits per heavy atom. The molecule has 0 radical (unpaired) electrons. The first kappa shape index (κ1) is 11.7. The molecule has 18 heavy (non-hydrogen) atoms. The fourth-order valence-corrected chi connectivity index (χ4v) is 3.31. The third kappa shape index (κ3) is 1.83. The zero-order valence-corrected chi connectivity index (χ0v) is 10.8. The van der Waals surface area contributed by atoms with Crippen LogP contribution in [0.1, 0.15) is 28.2 Å². The predicted molar refractivity (Wildman–Crippen MR) is 76.2 cm³/mol. The van der Waals surface area contributed by atoms with Crippen molar-refractivity contribution in [1.29, 1.82) is 0 Å². The fourth-order valence-electron chi connectivity index (χ4n) is 2.49. The lowest BCUT2D eigenvalue weighted by atomic mass is 9.80. The Labute approximate surface area is 110 Å². The molecular formula is C14H13BO2S. The first-order chi connectivity index (χ1) is 8.66. The summed E-state index contributed by atoms with van der Waals surface area (Å²) < 4.78 is 0.637. The van der Waals surface area contributed by atoms with Gasteiger partial charge >= 0.3 is 7.12 Å². The smallest absolute Gasteiger partial charge is 0.423 e. The molecule has 0 amide bonds. The van der Waals surface area contributed by atoms with E-state index in [1.807, 2.05) is 11.4 Å². The lowest BCUT2D eigenvalue weighted by Gasteiger charge is -2.12. The first-order valence-electron chi connectivity index (χ1n) is 5.89. The Bertz CT molecular complexity index is 616. The Balaban J connectivity index is 2.07. The molecule has 0 aliphatic heterocycles. The van der Waals surface area contributed by atoms with E-state index in [1.54, 1.807) is 0 Å². The van der Waals surface area contributed by atoms with Crippen molar-refractivity contribution >= 4 is 29.3 Å². The van der Waals surface area contributed by atoms with Gasteiger partial charge in [-0.25, -0.2) is 0 Å². The van der Waals surface area contributed by atoms with Gasteiger partial charge in [0.05, 0.1) is 0 Å². The van der Waals surface area contributed by atoms with Crippen LogP contribution in [-0.2, 0) is 0 Å². The highest BCUT2D eigenvalue weighted by Gasteiger charge is 2.26. The molecule has 1 aromatic heterocycles. The number of thiophene rings is 1. The van der Waals surface area contributed by atoms with E-state index in [-0.39, 0.29) is 5.92 Å². The Hall–Kier alpha value is -1.36. The SMILES string of the molecule is Cc1ccc2c(c1)C=CC2c1ccsc1B(O)O. The maximum Gasteiger partial charge on any atom is 0.499 e. The molecule has 1 heterocycles. The summed E-state index contributed by atoms with van der Waals surface area (Å²) in [6.45, 7) is 2.08. The molecule has 1 aliphatic rings. The van der Waals surface area contributed by atoms with E-state index in [9.17, 15) is 10.0 Å². The number of hydrogen-bond acceptors (Lipinski definition) is 3. The summed E-state index contributed by atoms with van der Waals surface area (Å²) in [6.07, 6.45) is 4.23. The van der Waals surface area contributed by atoms with Crippen molar-refractivity contribution in [1.82, 2.24) is 0 Å². The summed E-state index contributed by atoms with van der Waals surface area (Å²) in [5.41, 5.74) is 4.70. The van der Waals surface area contributed by atoms with Crippen LogP contribution in [-0.4, -0.2) is 17.2 Å². The number of hydrogen-bond donors (Lipinski definition) is 2. The average Bonchev–Trinajstić information content (AvgIpc) is 2.92. The summed E-state index contributed by atoms with van der Waals surface area (Å²) >= 11 is 1.39. The number of fused-ring (bicyclic) bond motifs is 1. The fraction of sp³-hybridized carbons (Fsp3) is 0.143. The number of rotatable bonds is 2. The van der Waals surface area contributed by atoms with E-state index >= 15 is 0 Å². The molecule has 90 valence electrons. The Morgan fingerprint density at radius 3 is 2.78 bits per heavy atom. The maximum absolute atomic E-state index is 9.39. The van der Waals surface area contributed by atoms with Gasteiger partial charge in [-0.1, -0.05) is 35.9 Å². The zero-order chi connectivity index (χ0) is 12.7. The molecule has 2 aromatic rings. The molecule has 2 nitrogen and oxygen atoms in total. The van der Waals surface area contributed by atoms with Crippen LogP contribution >= 0.6 is 11.3 Å². The second kappa shape index (κ2) is 4.39. The molecule has 0 spiro atoms. The minimum atomic E-state index is -1.39. The van der Waals surface area contributed by atoms with E-state index in [0.717, 1.165) is 5.56 Å². The first-order valence-corrected chi connectivity index (χ1v) is 6.77. The minimum Gasteiger partial charge on any atom is -0.423 e. The van der Waals surface area contributed by atoms with E-state index in [2.05, 4.69) is 37.3 Å². The van der Waals surface area contributed by atoms with Gasteiger partial charge in [-0.3, -0.25) is 0 Å². The quantitative estimate of drug-likeness (QED) is 0.805. The highest BCUT2D eigenvalue weighted by molar-refractivity contribution is 7.20. The molecule has 1 unspecified atom stereocenters.